The molecule has 0 aliphatic carbocycles. The van der Waals surface area contributed by atoms with E-state index in [9.17, 15) is 0 Å². The van der Waals surface area contributed by atoms with Crippen molar-refractivity contribution in [1.82, 2.24) is 0 Å². The fraction of sp³-hybridized carbons (Fsp3) is 0.455. The summed E-state index contributed by atoms with van der Waals surface area (Å²) in [6.45, 7) is 6.15. The average Bonchev–Trinajstić information content (AvgIpc) is 2.42. The van der Waals surface area contributed by atoms with Gasteiger partial charge in [-0.3, -0.25) is 0 Å². The lowest BCUT2D eigenvalue weighted by Crippen LogP contribution is -2.40. The Morgan fingerprint density at radius 3 is 1.92 bits per heavy atom. The fourth-order valence-electron chi connectivity index (χ4n) is 1.31. The van der Waals surface area contributed by atoms with Gasteiger partial charge in [-0.1, -0.05) is 26.0 Å². The van der Waals surface area contributed by atoms with Gasteiger partial charge in [0.1, 0.15) is 0 Å². The molecule has 0 amide bonds. The maximum atomic E-state index is 5.73. The number of hydrogen-bond acceptors (Lipinski definition) is 2. The van der Waals surface area contributed by atoms with Crippen LogP contribution in [0.25, 0.3) is 0 Å². The second-order valence-corrected chi connectivity index (χ2v) is 3.82. The molecule has 0 saturated heterocycles. The maximum Gasteiger partial charge on any atom is 0.251 e. The van der Waals surface area contributed by atoms with Crippen molar-refractivity contribution in [3.63, 3.8) is 0 Å². The smallest absolute Gasteiger partial charge is 0.251 e. The van der Waals surface area contributed by atoms with Crippen molar-refractivity contribution in [3.8, 4) is 11.5 Å². The van der Waals surface area contributed by atoms with E-state index in [1.54, 1.807) is 0 Å². The second kappa shape index (κ2) is 2.66. The first-order valence-corrected chi connectivity index (χ1v) is 4.59. The molecule has 0 spiro atoms. The number of hydrogen-bond donors (Lipinski definition) is 0. The molecule has 2 heteroatoms. The van der Waals surface area contributed by atoms with Crippen LogP contribution >= 0.6 is 0 Å². The minimum atomic E-state index is -0.496. The molecule has 0 aromatic heterocycles. The van der Waals surface area contributed by atoms with E-state index >= 15 is 0 Å². The van der Waals surface area contributed by atoms with Crippen LogP contribution in [0.15, 0.2) is 24.3 Å². The zero-order chi connectivity index (χ0) is 9.47. The van der Waals surface area contributed by atoms with Gasteiger partial charge < -0.3 is 9.47 Å². The molecule has 1 aliphatic rings. The summed E-state index contributed by atoms with van der Waals surface area (Å²) >= 11 is 0. The molecule has 0 unspecified atom stereocenters. The van der Waals surface area contributed by atoms with Gasteiger partial charge in [0.05, 0.1) is 0 Å². The number of ether oxygens (including phenoxy) is 2. The van der Waals surface area contributed by atoms with E-state index in [-0.39, 0.29) is 0 Å². The van der Waals surface area contributed by atoms with E-state index in [1.807, 2.05) is 31.2 Å². The number of benzene rings is 1. The summed E-state index contributed by atoms with van der Waals surface area (Å²) in [5, 5.41) is 0. The Balaban J connectivity index is 2.32. The first kappa shape index (κ1) is 8.42. The standard InChI is InChI=1S/C11H14O2/c1-8(2)11(3)12-9-6-4-5-7-10(9)13-11/h4-8H,1-3H3. The molecule has 2 rings (SSSR count). The number of rotatable bonds is 1. The first-order chi connectivity index (χ1) is 6.12. The summed E-state index contributed by atoms with van der Waals surface area (Å²) < 4.78 is 11.5. The molecule has 0 atom stereocenters. The molecule has 0 N–H and O–H groups in total. The normalized spacial score (nSPS) is 17.8. The number of fused-ring (bicyclic) bond motifs is 1. The van der Waals surface area contributed by atoms with Gasteiger partial charge in [-0.05, 0) is 12.1 Å². The lowest BCUT2D eigenvalue weighted by molar-refractivity contribution is -0.0990. The Morgan fingerprint density at radius 1 is 1.08 bits per heavy atom. The van der Waals surface area contributed by atoms with Crippen molar-refractivity contribution >= 4 is 0 Å². The highest BCUT2D eigenvalue weighted by Crippen LogP contribution is 2.41. The van der Waals surface area contributed by atoms with Crippen LogP contribution in [0.2, 0.25) is 0 Å². The van der Waals surface area contributed by atoms with E-state index in [1.165, 1.54) is 0 Å². The predicted molar refractivity (Wildman–Crippen MR) is 50.9 cm³/mol. The van der Waals surface area contributed by atoms with Crippen LogP contribution in [0.1, 0.15) is 20.8 Å². The SMILES string of the molecule is CC(C)C1(C)Oc2ccccc2O1. The van der Waals surface area contributed by atoms with Gasteiger partial charge >= 0.3 is 0 Å². The summed E-state index contributed by atoms with van der Waals surface area (Å²) in [4.78, 5) is 0. The van der Waals surface area contributed by atoms with Gasteiger partial charge in [-0.2, -0.15) is 0 Å². The van der Waals surface area contributed by atoms with Crippen LogP contribution in [0.4, 0.5) is 0 Å². The Hall–Kier alpha value is -1.18. The van der Waals surface area contributed by atoms with Crippen LogP contribution in [0, 0.1) is 5.92 Å². The lowest BCUT2D eigenvalue weighted by Gasteiger charge is -2.26. The second-order valence-electron chi connectivity index (χ2n) is 3.82. The van der Waals surface area contributed by atoms with Gasteiger partial charge in [0.2, 0.25) is 0 Å². The fourth-order valence-corrected chi connectivity index (χ4v) is 1.31. The number of para-hydroxylation sites is 2. The van der Waals surface area contributed by atoms with E-state index < -0.39 is 5.79 Å². The Bertz CT molecular complexity index is 293. The molecule has 1 aliphatic heterocycles. The maximum absolute atomic E-state index is 5.73. The van der Waals surface area contributed by atoms with Crippen LogP contribution in [-0.4, -0.2) is 5.79 Å². The first-order valence-electron chi connectivity index (χ1n) is 4.59. The van der Waals surface area contributed by atoms with Crippen molar-refractivity contribution in [2.24, 2.45) is 5.92 Å². The monoisotopic (exact) mass is 178 g/mol. The van der Waals surface area contributed by atoms with Gasteiger partial charge in [0.25, 0.3) is 5.79 Å². The summed E-state index contributed by atoms with van der Waals surface area (Å²) in [7, 11) is 0. The molecule has 1 heterocycles. The minimum Gasteiger partial charge on any atom is -0.448 e. The highest BCUT2D eigenvalue weighted by Gasteiger charge is 2.39. The van der Waals surface area contributed by atoms with E-state index in [2.05, 4.69) is 13.8 Å². The molecule has 1 aromatic rings. The average molecular weight is 178 g/mol. The summed E-state index contributed by atoms with van der Waals surface area (Å²) in [5.41, 5.74) is 0. The summed E-state index contributed by atoms with van der Waals surface area (Å²) in [6, 6.07) is 7.77. The van der Waals surface area contributed by atoms with Crippen molar-refractivity contribution in [2.45, 2.75) is 26.6 Å². The zero-order valence-corrected chi connectivity index (χ0v) is 8.20. The van der Waals surface area contributed by atoms with Crippen molar-refractivity contribution < 1.29 is 9.47 Å². The molecular formula is C11H14O2. The van der Waals surface area contributed by atoms with Crippen molar-refractivity contribution in [1.29, 1.82) is 0 Å². The minimum absolute atomic E-state index is 0.333. The van der Waals surface area contributed by atoms with Crippen molar-refractivity contribution in [2.75, 3.05) is 0 Å². The summed E-state index contributed by atoms with van der Waals surface area (Å²) in [5.74, 6) is 1.53. The van der Waals surface area contributed by atoms with Crippen LogP contribution in [0.5, 0.6) is 11.5 Å². The molecule has 1 aromatic carbocycles. The third kappa shape index (κ3) is 1.26. The van der Waals surface area contributed by atoms with Crippen LogP contribution in [0.3, 0.4) is 0 Å². The van der Waals surface area contributed by atoms with E-state index in [4.69, 9.17) is 9.47 Å². The van der Waals surface area contributed by atoms with Gasteiger partial charge in [-0.25, -0.2) is 0 Å². The highest BCUT2D eigenvalue weighted by molar-refractivity contribution is 5.42. The van der Waals surface area contributed by atoms with Crippen LogP contribution in [-0.2, 0) is 0 Å². The summed E-state index contributed by atoms with van der Waals surface area (Å²) in [6.07, 6.45) is 0. The lowest BCUT2D eigenvalue weighted by atomic mass is 10.1. The van der Waals surface area contributed by atoms with E-state index in [0.29, 0.717) is 5.92 Å². The molecular weight excluding hydrogens is 164 g/mol. The Labute approximate surface area is 78.5 Å². The predicted octanol–water partition coefficient (Wildman–Crippen LogP) is 2.83. The molecule has 70 valence electrons. The molecule has 2 nitrogen and oxygen atoms in total. The third-order valence-electron chi connectivity index (χ3n) is 2.52. The Kier molecular flexibility index (Phi) is 1.72. The van der Waals surface area contributed by atoms with Crippen molar-refractivity contribution in [3.05, 3.63) is 24.3 Å². The van der Waals surface area contributed by atoms with Gasteiger partial charge in [0, 0.05) is 12.8 Å². The molecule has 0 saturated carbocycles. The molecule has 0 bridgehead atoms. The molecule has 0 radical (unpaired) electrons. The zero-order valence-electron chi connectivity index (χ0n) is 8.20. The van der Waals surface area contributed by atoms with Gasteiger partial charge in [-0.15, -0.1) is 0 Å². The van der Waals surface area contributed by atoms with Crippen LogP contribution < -0.4 is 9.47 Å². The molecule has 13 heavy (non-hydrogen) atoms. The quantitative estimate of drug-likeness (QED) is 0.658. The Morgan fingerprint density at radius 2 is 1.54 bits per heavy atom. The highest BCUT2D eigenvalue weighted by atomic mass is 16.7. The van der Waals surface area contributed by atoms with Gasteiger partial charge in [0.15, 0.2) is 11.5 Å². The topological polar surface area (TPSA) is 18.5 Å². The third-order valence-corrected chi connectivity index (χ3v) is 2.52. The van der Waals surface area contributed by atoms with E-state index in [0.717, 1.165) is 11.5 Å². The molecule has 0 fully saturated rings. The largest absolute Gasteiger partial charge is 0.448 e.